The van der Waals surface area contributed by atoms with Crippen molar-refractivity contribution in [3.8, 4) is 5.75 Å². The van der Waals surface area contributed by atoms with E-state index in [4.69, 9.17) is 4.74 Å². The third-order valence-corrected chi connectivity index (χ3v) is 2.68. The highest BCUT2D eigenvalue weighted by Gasteiger charge is 2.30. The minimum atomic E-state index is -0.0403. The second kappa shape index (κ2) is 2.95. The zero-order valence-corrected chi connectivity index (χ0v) is 8.90. The molecule has 0 saturated heterocycles. The molecule has 0 aliphatic carbocycles. The topological polar surface area (TPSA) is 9.23 Å². The highest BCUT2D eigenvalue weighted by Crippen LogP contribution is 2.37. The Balaban J connectivity index is 2.45. The van der Waals surface area contributed by atoms with Crippen LogP contribution in [0, 0.1) is 0 Å². The van der Waals surface area contributed by atoms with Crippen molar-refractivity contribution in [2.75, 3.05) is 0 Å². The lowest BCUT2D eigenvalue weighted by atomic mass is 10.0. The van der Waals surface area contributed by atoms with Gasteiger partial charge >= 0.3 is 0 Å². The SMILES string of the molecule is CC1(C)Cc2cccc(CS)c2O1. The van der Waals surface area contributed by atoms with E-state index in [1.54, 1.807) is 0 Å². The molecule has 0 amide bonds. The van der Waals surface area contributed by atoms with Crippen LogP contribution in [0.25, 0.3) is 0 Å². The van der Waals surface area contributed by atoms with Crippen LogP contribution in [0.15, 0.2) is 18.2 Å². The first-order valence-electron chi connectivity index (χ1n) is 4.53. The summed E-state index contributed by atoms with van der Waals surface area (Å²) in [6, 6.07) is 6.29. The van der Waals surface area contributed by atoms with Gasteiger partial charge in [0.05, 0.1) is 0 Å². The number of hydrogen-bond acceptors (Lipinski definition) is 2. The lowest BCUT2D eigenvalue weighted by Gasteiger charge is -2.17. The van der Waals surface area contributed by atoms with E-state index < -0.39 is 0 Å². The predicted molar refractivity (Wildman–Crippen MR) is 57.5 cm³/mol. The Morgan fingerprint density at radius 1 is 1.46 bits per heavy atom. The molecule has 1 aromatic rings. The van der Waals surface area contributed by atoms with Crippen molar-refractivity contribution in [2.45, 2.75) is 31.6 Å². The standard InChI is InChI=1S/C11H14OS/c1-11(2)6-8-4-3-5-9(7-13)10(8)12-11/h3-5,13H,6-7H2,1-2H3. The molecule has 0 fully saturated rings. The number of hydrogen-bond donors (Lipinski definition) is 1. The quantitative estimate of drug-likeness (QED) is 0.676. The Labute approximate surface area is 84.5 Å². The fraction of sp³-hybridized carbons (Fsp3) is 0.455. The van der Waals surface area contributed by atoms with E-state index in [9.17, 15) is 0 Å². The van der Waals surface area contributed by atoms with Gasteiger partial charge in [-0.05, 0) is 19.4 Å². The van der Waals surface area contributed by atoms with Crippen LogP contribution in [0.5, 0.6) is 5.75 Å². The first kappa shape index (κ1) is 8.95. The van der Waals surface area contributed by atoms with Gasteiger partial charge in [-0.2, -0.15) is 12.6 Å². The molecule has 1 aliphatic heterocycles. The Kier molecular flexibility index (Phi) is 2.03. The Morgan fingerprint density at radius 2 is 2.23 bits per heavy atom. The number of fused-ring (bicyclic) bond motifs is 1. The summed E-state index contributed by atoms with van der Waals surface area (Å²) in [5.41, 5.74) is 2.48. The van der Waals surface area contributed by atoms with Crippen molar-refractivity contribution >= 4 is 12.6 Å². The largest absolute Gasteiger partial charge is 0.487 e. The monoisotopic (exact) mass is 194 g/mol. The van der Waals surface area contributed by atoms with Gasteiger partial charge in [0.1, 0.15) is 11.4 Å². The molecular formula is C11H14OS. The van der Waals surface area contributed by atoms with E-state index in [-0.39, 0.29) is 5.60 Å². The molecule has 0 unspecified atom stereocenters. The van der Waals surface area contributed by atoms with Gasteiger partial charge in [0.15, 0.2) is 0 Å². The van der Waals surface area contributed by atoms with Gasteiger partial charge in [0.25, 0.3) is 0 Å². The van der Waals surface area contributed by atoms with Crippen LogP contribution in [0.3, 0.4) is 0 Å². The highest BCUT2D eigenvalue weighted by atomic mass is 32.1. The summed E-state index contributed by atoms with van der Waals surface area (Å²) in [7, 11) is 0. The van der Waals surface area contributed by atoms with Crippen LogP contribution < -0.4 is 4.74 Å². The van der Waals surface area contributed by atoms with Crippen molar-refractivity contribution in [3.05, 3.63) is 29.3 Å². The molecule has 1 nitrogen and oxygen atoms in total. The van der Waals surface area contributed by atoms with Gasteiger partial charge in [0, 0.05) is 17.7 Å². The van der Waals surface area contributed by atoms with Gasteiger partial charge in [-0.25, -0.2) is 0 Å². The van der Waals surface area contributed by atoms with Crippen molar-refractivity contribution in [2.24, 2.45) is 0 Å². The molecule has 13 heavy (non-hydrogen) atoms. The number of benzene rings is 1. The van der Waals surface area contributed by atoms with Gasteiger partial charge < -0.3 is 4.74 Å². The van der Waals surface area contributed by atoms with E-state index in [1.165, 1.54) is 11.1 Å². The molecule has 70 valence electrons. The molecule has 0 N–H and O–H groups in total. The molecule has 0 saturated carbocycles. The van der Waals surface area contributed by atoms with Crippen molar-refractivity contribution < 1.29 is 4.74 Å². The average molecular weight is 194 g/mol. The van der Waals surface area contributed by atoms with Crippen LogP contribution >= 0.6 is 12.6 Å². The van der Waals surface area contributed by atoms with Gasteiger partial charge in [-0.15, -0.1) is 0 Å². The molecular weight excluding hydrogens is 180 g/mol. The lowest BCUT2D eigenvalue weighted by molar-refractivity contribution is 0.137. The molecule has 2 rings (SSSR count). The Bertz CT molecular complexity index is 331. The van der Waals surface area contributed by atoms with Crippen molar-refractivity contribution in [1.82, 2.24) is 0 Å². The van der Waals surface area contributed by atoms with Crippen LogP contribution in [0.1, 0.15) is 25.0 Å². The molecule has 1 aliphatic rings. The molecule has 0 spiro atoms. The molecule has 0 aromatic heterocycles. The number of thiol groups is 1. The summed E-state index contributed by atoms with van der Waals surface area (Å²) in [6.45, 7) is 4.24. The van der Waals surface area contributed by atoms with Crippen molar-refractivity contribution in [1.29, 1.82) is 0 Å². The van der Waals surface area contributed by atoms with E-state index in [1.807, 2.05) is 0 Å². The van der Waals surface area contributed by atoms with Gasteiger partial charge in [-0.1, -0.05) is 18.2 Å². The lowest BCUT2D eigenvalue weighted by Crippen LogP contribution is -2.24. The zero-order chi connectivity index (χ0) is 9.47. The fourth-order valence-corrected chi connectivity index (χ4v) is 2.05. The van der Waals surface area contributed by atoms with E-state index in [0.29, 0.717) is 0 Å². The smallest absolute Gasteiger partial charge is 0.127 e. The highest BCUT2D eigenvalue weighted by molar-refractivity contribution is 7.79. The first-order valence-corrected chi connectivity index (χ1v) is 5.16. The molecule has 0 radical (unpaired) electrons. The summed E-state index contributed by atoms with van der Waals surface area (Å²) in [6.07, 6.45) is 1.00. The second-order valence-electron chi connectivity index (χ2n) is 4.10. The number of para-hydroxylation sites is 1. The van der Waals surface area contributed by atoms with Crippen LogP contribution in [0.2, 0.25) is 0 Å². The van der Waals surface area contributed by atoms with E-state index in [0.717, 1.165) is 17.9 Å². The van der Waals surface area contributed by atoms with E-state index >= 15 is 0 Å². The van der Waals surface area contributed by atoms with Gasteiger partial charge in [-0.3, -0.25) is 0 Å². The first-order chi connectivity index (χ1) is 6.12. The minimum Gasteiger partial charge on any atom is -0.487 e. The van der Waals surface area contributed by atoms with Crippen LogP contribution in [-0.4, -0.2) is 5.60 Å². The maximum atomic E-state index is 5.87. The summed E-state index contributed by atoms with van der Waals surface area (Å²) in [5, 5.41) is 0. The molecule has 2 heteroatoms. The van der Waals surface area contributed by atoms with E-state index in [2.05, 4.69) is 44.7 Å². The summed E-state index contributed by atoms with van der Waals surface area (Å²) in [4.78, 5) is 0. The Morgan fingerprint density at radius 3 is 2.92 bits per heavy atom. The molecule has 0 atom stereocenters. The minimum absolute atomic E-state index is 0.0403. The summed E-state index contributed by atoms with van der Waals surface area (Å²) < 4.78 is 5.87. The summed E-state index contributed by atoms with van der Waals surface area (Å²) in [5.74, 6) is 1.81. The average Bonchev–Trinajstić information content (AvgIpc) is 2.37. The molecule has 1 aromatic carbocycles. The second-order valence-corrected chi connectivity index (χ2v) is 4.42. The number of ether oxygens (including phenoxy) is 1. The van der Waals surface area contributed by atoms with Gasteiger partial charge in [0.2, 0.25) is 0 Å². The molecule has 1 heterocycles. The fourth-order valence-electron chi connectivity index (χ4n) is 1.80. The predicted octanol–water partition coefficient (Wildman–Crippen LogP) is 2.83. The van der Waals surface area contributed by atoms with Crippen molar-refractivity contribution in [3.63, 3.8) is 0 Å². The number of rotatable bonds is 1. The zero-order valence-electron chi connectivity index (χ0n) is 8.00. The van der Waals surface area contributed by atoms with Crippen LogP contribution in [0.4, 0.5) is 0 Å². The maximum absolute atomic E-state index is 5.87. The third kappa shape index (κ3) is 1.55. The third-order valence-electron chi connectivity index (χ3n) is 2.34. The maximum Gasteiger partial charge on any atom is 0.127 e. The molecule has 0 bridgehead atoms. The Hall–Kier alpha value is -0.630. The van der Waals surface area contributed by atoms with Crippen LogP contribution in [-0.2, 0) is 12.2 Å². The normalized spacial score (nSPS) is 18.1. The summed E-state index contributed by atoms with van der Waals surface area (Å²) >= 11 is 4.29.